The molecule has 7 heteroatoms. The van der Waals surface area contributed by atoms with Crippen LogP contribution in [0.1, 0.15) is 29.5 Å². The van der Waals surface area contributed by atoms with Crippen molar-refractivity contribution in [3.8, 4) is 0 Å². The molecule has 1 aromatic heterocycles. The molecule has 0 radical (unpaired) electrons. The summed E-state index contributed by atoms with van der Waals surface area (Å²) in [6, 6.07) is 12.9. The molecule has 0 N–H and O–H groups in total. The van der Waals surface area contributed by atoms with Gasteiger partial charge in [0.15, 0.2) is 5.13 Å². The standard InChI is InChI=1S/C24H31N3OS2.ClH/c1-17-8-10-20(11-9-17)29-14-6-7-23(28)27(13-12-26(4)5)24-25-21-15-18(2)19(3)16-22(21)30-24;/h8-11,15-16H,6-7,12-14H2,1-5H3;1H. The fourth-order valence-electron chi connectivity index (χ4n) is 3.09. The van der Waals surface area contributed by atoms with Gasteiger partial charge in [0.2, 0.25) is 5.91 Å². The summed E-state index contributed by atoms with van der Waals surface area (Å²) >= 11 is 3.43. The molecule has 168 valence electrons. The highest BCUT2D eigenvalue weighted by molar-refractivity contribution is 7.99. The highest BCUT2D eigenvalue weighted by atomic mass is 35.5. The third-order valence-electron chi connectivity index (χ3n) is 5.12. The van der Waals surface area contributed by atoms with Crippen LogP contribution >= 0.6 is 35.5 Å². The second-order valence-electron chi connectivity index (χ2n) is 8.01. The van der Waals surface area contributed by atoms with Crippen molar-refractivity contribution >= 4 is 56.8 Å². The van der Waals surface area contributed by atoms with Gasteiger partial charge in [0.1, 0.15) is 0 Å². The second-order valence-corrected chi connectivity index (χ2v) is 10.2. The summed E-state index contributed by atoms with van der Waals surface area (Å²) in [5, 5.41) is 0.813. The van der Waals surface area contributed by atoms with E-state index in [0.29, 0.717) is 13.0 Å². The largest absolute Gasteiger partial charge is 0.308 e. The smallest absolute Gasteiger partial charge is 0.228 e. The predicted octanol–water partition coefficient (Wildman–Crippen LogP) is 6.11. The Hall–Kier alpha value is -1.60. The molecule has 0 fully saturated rings. The molecule has 1 amide bonds. The van der Waals surface area contributed by atoms with E-state index in [2.05, 4.69) is 62.1 Å². The van der Waals surface area contributed by atoms with Gasteiger partial charge in [-0.15, -0.1) is 24.2 Å². The Kier molecular flexibility index (Phi) is 9.82. The SMILES string of the molecule is Cc1ccc(SCCCC(=O)N(CCN(C)C)c2nc3cc(C)c(C)cc3s2)cc1.Cl. The molecule has 3 aromatic rings. The van der Waals surface area contributed by atoms with Crippen LogP contribution in [0.25, 0.3) is 10.2 Å². The van der Waals surface area contributed by atoms with Crippen molar-refractivity contribution in [1.82, 2.24) is 9.88 Å². The molecular formula is C24H32ClN3OS2. The van der Waals surface area contributed by atoms with Gasteiger partial charge in [0, 0.05) is 24.4 Å². The number of rotatable bonds is 9. The summed E-state index contributed by atoms with van der Waals surface area (Å²) in [6.45, 7) is 7.80. The molecular weight excluding hydrogens is 446 g/mol. The Morgan fingerprint density at radius 1 is 1.03 bits per heavy atom. The minimum absolute atomic E-state index is 0. The van der Waals surface area contributed by atoms with E-state index in [0.717, 1.165) is 34.1 Å². The Morgan fingerprint density at radius 3 is 2.39 bits per heavy atom. The minimum Gasteiger partial charge on any atom is -0.308 e. The lowest BCUT2D eigenvalue weighted by atomic mass is 10.1. The predicted molar refractivity (Wildman–Crippen MR) is 138 cm³/mol. The fourth-order valence-corrected chi connectivity index (χ4v) is 5.03. The van der Waals surface area contributed by atoms with Gasteiger partial charge in [-0.2, -0.15) is 0 Å². The summed E-state index contributed by atoms with van der Waals surface area (Å²) in [4.78, 5) is 23.1. The molecule has 2 aromatic carbocycles. The quantitative estimate of drug-likeness (QED) is 0.275. The summed E-state index contributed by atoms with van der Waals surface area (Å²) in [5.74, 6) is 1.10. The van der Waals surface area contributed by atoms with Crippen LogP contribution in [0.3, 0.4) is 0 Å². The van der Waals surface area contributed by atoms with E-state index in [9.17, 15) is 4.79 Å². The molecule has 0 atom stereocenters. The zero-order valence-electron chi connectivity index (χ0n) is 19.0. The number of carbonyl (C=O) groups excluding carboxylic acids is 1. The number of fused-ring (bicyclic) bond motifs is 1. The number of hydrogen-bond acceptors (Lipinski definition) is 5. The van der Waals surface area contributed by atoms with E-state index >= 15 is 0 Å². The van der Waals surface area contributed by atoms with E-state index in [1.54, 1.807) is 11.3 Å². The number of nitrogens with zero attached hydrogens (tertiary/aromatic N) is 3. The molecule has 0 aliphatic rings. The second kappa shape index (κ2) is 11.9. The summed E-state index contributed by atoms with van der Waals surface area (Å²) < 4.78 is 1.14. The van der Waals surface area contributed by atoms with Crippen LogP contribution in [-0.4, -0.2) is 48.7 Å². The van der Waals surface area contributed by atoms with Crippen molar-refractivity contribution in [3.63, 3.8) is 0 Å². The lowest BCUT2D eigenvalue weighted by molar-refractivity contribution is -0.118. The molecule has 3 rings (SSSR count). The lowest BCUT2D eigenvalue weighted by Crippen LogP contribution is -2.36. The fraction of sp³-hybridized carbons (Fsp3) is 0.417. The Balaban J connectivity index is 0.00000341. The van der Waals surface area contributed by atoms with Gasteiger partial charge in [-0.25, -0.2) is 4.98 Å². The third kappa shape index (κ3) is 7.21. The maximum absolute atomic E-state index is 13.1. The van der Waals surface area contributed by atoms with Crippen LogP contribution in [0.5, 0.6) is 0 Å². The Morgan fingerprint density at radius 2 is 1.71 bits per heavy atom. The van der Waals surface area contributed by atoms with Crippen molar-refractivity contribution in [2.75, 3.05) is 37.8 Å². The number of aromatic nitrogens is 1. The number of amides is 1. The average molecular weight is 478 g/mol. The molecule has 31 heavy (non-hydrogen) atoms. The van der Waals surface area contributed by atoms with Crippen molar-refractivity contribution in [2.45, 2.75) is 38.5 Å². The third-order valence-corrected chi connectivity index (χ3v) is 7.26. The summed E-state index contributed by atoms with van der Waals surface area (Å²) in [5.41, 5.74) is 4.75. The molecule has 0 aliphatic carbocycles. The van der Waals surface area contributed by atoms with Gasteiger partial charge in [-0.3, -0.25) is 9.69 Å². The van der Waals surface area contributed by atoms with Crippen molar-refractivity contribution in [1.29, 1.82) is 0 Å². The van der Waals surface area contributed by atoms with E-state index in [-0.39, 0.29) is 18.3 Å². The molecule has 0 spiro atoms. The monoisotopic (exact) mass is 477 g/mol. The first-order valence-electron chi connectivity index (χ1n) is 10.4. The molecule has 0 bridgehead atoms. The van der Waals surface area contributed by atoms with Crippen LogP contribution in [0, 0.1) is 20.8 Å². The van der Waals surface area contributed by atoms with Gasteiger partial charge in [-0.05, 0) is 82.4 Å². The number of likely N-dealkylation sites (N-methyl/N-ethyl adjacent to an activating group) is 1. The van der Waals surface area contributed by atoms with Crippen molar-refractivity contribution < 1.29 is 4.79 Å². The number of hydrogen-bond donors (Lipinski definition) is 0. The Labute approximate surface area is 200 Å². The lowest BCUT2D eigenvalue weighted by Gasteiger charge is -2.22. The zero-order chi connectivity index (χ0) is 21.7. The van der Waals surface area contributed by atoms with Gasteiger partial charge in [0.25, 0.3) is 0 Å². The van der Waals surface area contributed by atoms with Crippen LogP contribution in [0.15, 0.2) is 41.3 Å². The first-order valence-corrected chi connectivity index (χ1v) is 12.2. The topological polar surface area (TPSA) is 36.4 Å². The molecule has 1 heterocycles. The Bertz CT molecular complexity index is 963. The number of aryl methyl sites for hydroxylation is 3. The summed E-state index contributed by atoms with van der Waals surface area (Å²) in [7, 11) is 4.07. The molecule has 0 aliphatic heterocycles. The number of thioether (sulfide) groups is 1. The molecule has 0 saturated carbocycles. The number of anilines is 1. The highest BCUT2D eigenvalue weighted by Crippen LogP contribution is 2.31. The molecule has 4 nitrogen and oxygen atoms in total. The number of benzene rings is 2. The van der Waals surface area contributed by atoms with Gasteiger partial charge in [-0.1, -0.05) is 29.0 Å². The normalized spacial score (nSPS) is 11.0. The van der Waals surface area contributed by atoms with E-state index in [4.69, 9.17) is 4.98 Å². The molecule has 0 saturated heterocycles. The van der Waals surface area contributed by atoms with Gasteiger partial charge in [0.05, 0.1) is 10.2 Å². The first kappa shape index (κ1) is 25.7. The van der Waals surface area contributed by atoms with Gasteiger partial charge < -0.3 is 4.90 Å². The molecule has 0 unspecified atom stereocenters. The van der Waals surface area contributed by atoms with Gasteiger partial charge >= 0.3 is 0 Å². The van der Waals surface area contributed by atoms with Crippen LogP contribution in [0.4, 0.5) is 5.13 Å². The number of carbonyl (C=O) groups is 1. The highest BCUT2D eigenvalue weighted by Gasteiger charge is 2.20. The van der Waals surface area contributed by atoms with Crippen molar-refractivity contribution in [2.24, 2.45) is 0 Å². The van der Waals surface area contributed by atoms with E-state index in [1.807, 2.05) is 30.8 Å². The maximum atomic E-state index is 13.1. The minimum atomic E-state index is 0. The zero-order valence-corrected chi connectivity index (χ0v) is 21.4. The number of thiazole rings is 1. The first-order chi connectivity index (χ1) is 14.3. The number of halogens is 1. The van der Waals surface area contributed by atoms with Crippen LogP contribution in [-0.2, 0) is 4.79 Å². The summed E-state index contributed by atoms with van der Waals surface area (Å²) in [6.07, 6.45) is 1.40. The van der Waals surface area contributed by atoms with Crippen molar-refractivity contribution in [3.05, 3.63) is 53.1 Å². The van der Waals surface area contributed by atoms with E-state index in [1.165, 1.54) is 21.6 Å². The van der Waals surface area contributed by atoms with Crippen LogP contribution < -0.4 is 4.90 Å². The van der Waals surface area contributed by atoms with Crippen LogP contribution in [0.2, 0.25) is 0 Å². The van der Waals surface area contributed by atoms with E-state index < -0.39 is 0 Å². The maximum Gasteiger partial charge on any atom is 0.228 e. The average Bonchev–Trinajstić information content (AvgIpc) is 3.09.